The summed E-state index contributed by atoms with van der Waals surface area (Å²) in [5.74, 6) is 0. The molecule has 3 nitrogen and oxygen atoms in total. The maximum Gasteiger partial charge on any atom is 0.0435 e. The van der Waals surface area contributed by atoms with Gasteiger partial charge in [0.25, 0.3) is 0 Å². The molecule has 1 aromatic rings. The Morgan fingerprint density at radius 1 is 1.55 bits per heavy atom. The summed E-state index contributed by atoms with van der Waals surface area (Å²) in [6.07, 6.45) is 3.44. The van der Waals surface area contributed by atoms with Gasteiger partial charge in [0.1, 0.15) is 0 Å². The third-order valence-corrected chi connectivity index (χ3v) is 1.84. The van der Waals surface area contributed by atoms with E-state index < -0.39 is 0 Å². The first-order chi connectivity index (χ1) is 5.24. The van der Waals surface area contributed by atoms with Crippen molar-refractivity contribution in [3.63, 3.8) is 0 Å². The maximum atomic E-state index is 5.68. The van der Waals surface area contributed by atoms with Crippen LogP contribution in [0.4, 0.5) is 0 Å². The van der Waals surface area contributed by atoms with Gasteiger partial charge in [-0.25, -0.2) is 0 Å². The average molecular weight is 216 g/mol. The fourth-order valence-electron chi connectivity index (χ4n) is 0.767. The van der Waals surface area contributed by atoms with Crippen molar-refractivity contribution < 1.29 is 0 Å². The van der Waals surface area contributed by atoms with Gasteiger partial charge >= 0.3 is 0 Å². The van der Waals surface area contributed by atoms with Crippen molar-refractivity contribution in [2.75, 3.05) is 6.54 Å². The standard InChI is InChI=1S/C7H10BrN3/c8-6-1-5(3-11-4-6)7(10)2-9/h1,3-4,7H,2,9-10H2/t7-/m1/s1. The quantitative estimate of drug-likeness (QED) is 0.768. The average Bonchev–Trinajstić information content (AvgIpc) is 2.03. The van der Waals surface area contributed by atoms with Crippen molar-refractivity contribution in [2.45, 2.75) is 6.04 Å². The van der Waals surface area contributed by atoms with E-state index >= 15 is 0 Å². The highest BCUT2D eigenvalue weighted by Crippen LogP contribution is 2.13. The highest BCUT2D eigenvalue weighted by molar-refractivity contribution is 9.10. The first-order valence-corrected chi connectivity index (χ1v) is 4.09. The van der Waals surface area contributed by atoms with Gasteiger partial charge in [-0.2, -0.15) is 0 Å². The minimum absolute atomic E-state index is 0.111. The lowest BCUT2D eigenvalue weighted by atomic mass is 10.1. The van der Waals surface area contributed by atoms with Crippen molar-refractivity contribution in [2.24, 2.45) is 11.5 Å². The Morgan fingerprint density at radius 2 is 2.27 bits per heavy atom. The van der Waals surface area contributed by atoms with Crippen LogP contribution >= 0.6 is 15.9 Å². The van der Waals surface area contributed by atoms with E-state index in [4.69, 9.17) is 11.5 Å². The van der Waals surface area contributed by atoms with Gasteiger partial charge in [0, 0.05) is 29.5 Å². The fourth-order valence-corrected chi connectivity index (χ4v) is 1.15. The van der Waals surface area contributed by atoms with Crippen LogP contribution in [-0.4, -0.2) is 11.5 Å². The highest BCUT2D eigenvalue weighted by atomic mass is 79.9. The van der Waals surface area contributed by atoms with Gasteiger partial charge in [-0.15, -0.1) is 0 Å². The molecule has 0 unspecified atom stereocenters. The minimum Gasteiger partial charge on any atom is -0.329 e. The van der Waals surface area contributed by atoms with E-state index in [-0.39, 0.29) is 6.04 Å². The van der Waals surface area contributed by atoms with Crippen LogP contribution in [0.1, 0.15) is 11.6 Å². The third-order valence-electron chi connectivity index (χ3n) is 1.41. The summed E-state index contributed by atoms with van der Waals surface area (Å²) in [4.78, 5) is 3.97. The molecular formula is C7H10BrN3. The van der Waals surface area contributed by atoms with Crippen LogP contribution in [-0.2, 0) is 0 Å². The molecule has 0 amide bonds. The molecule has 0 aliphatic heterocycles. The molecule has 1 heterocycles. The molecule has 0 aliphatic carbocycles. The van der Waals surface area contributed by atoms with Gasteiger partial charge in [-0.3, -0.25) is 4.98 Å². The maximum absolute atomic E-state index is 5.68. The molecular weight excluding hydrogens is 206 g/mol. The predicted octanol–water partition coefficient (Wildman–Crippen LogP) is 0.803. The molecule has 60 valence electrons. The SMILES string of the molecule is NC[C@@H](N)c1cncc(Br)c1. The number of nitrogens with zero attached hydrogens (tertiary/aromatic N) is 1. The van der Waals surface area contributed by atoms with Gasteiger partial charge in [0.05, 0.1) is 0 Å². The van der Waals surface area contributed by atoms with E-state index in [9.17, 15) is 0 Å². The largest absolute Gasteiger partial charge is 0.329 e. The van der Waals surface area contributed by atoms with E-state index in [2.05, 4.69) is 20.9 Å². The summed E-state index contributed by atoms with van der Waals surface area (Å²) in [5, 5.41) is 0. The first kappa shape index (κ1) is 8.64. The number of rotatable bonds is 2. The van der Waals surface area contributed by atoms with Crippen molar-refractivity contribution >= 4 is 15.9 Å². The van der Waals surface area contributed by atoms with Crippen molar-refractivity contribution in [3.05, 3.63) is 28.5 Å². The normalized spacial score (nSPS) is 13.0. The van der Waals surface area contributed by atoms with Crippen molar-refractivity contribution in [1.29, 1.82) is 0 Å². The summed E-state index contributed by atoms with van der Waals surface area (Å²) in [6, 6.07) is 1.81. The summed E-state index contributed by atoms with van der Waals surface area (Å²) in [6.45, 7) is 0.443. The van der Waals surface area contributed by atoms with Crippen molar-refractivity contribution in [1.82, 2.24) is 4.98 Å². The third kappa shape index (κ3) is 2.25. The number of nitrogens with two attached hydrogens (primary N) is 2. The molecule has 1 rings (SSSR count). The lowest BCUT2D eigenvalue weighted by Gasteiger charge is -2.07. The molecule has 0 aromatic carbocycles. The van der Waals surface area contributed by atoms with Gasteiger partial charge in [0.2, 0.25) is 0 Å². The van der Waals surface area contributed by atoms with Crippen LogP contribution < -0.4 is 11.5 Å². The number of hydrogen-bond acceptors (Lipinski definition) is 3. The minimum atomic E-state index is -0.111. The monoisotopic (exact) mass is 215 g/mol. The van der Waals surface area contributed by atoms with Crippen molar-refractivity contribution in [3.8, 4) is 0 Å². The molecule has 11 heavy (non-hydrogen) atoms. The van der Waals surface area contributed by atoms with Gasteiger partial charge < -0.3 is 11.5 Å². The Balaban J connectivity index is 2.86. The molecule has 0 radical (unpaired) electrons. The fraction of sp³-hybridized carbons (Fsp3) is 0.286. The second-order valence-electron chi connectivity index (χ2n) is 2.28. The second kappa shape index (κ2) is 3.80. The molecule has 0 saturated heterocycles. The Hall–Kier alpha value is -0.450. The lowest BCUT2D eigenvalue weighted by Crippen LogP contribution is -2.20. The smallest absolute Gasteiger partial charge is 0.0435 e. The number of hydrogen-bond donors (Lipinski definition) is 2. The first-order valence-electron chi connectivity index (χ1n) is 3.30. The van der Waals surface area contributed by atoms with E-state index in [1.165, 1.54) is 0 Å². The number of aromatic nitrogens is 1. The molecule has 0 saturated carbocycles. The molecule has 4 N–H and O–H groups in total. The zero-order valence-electron chi connectivity index (χ0n) is 6.00. The topological polar surface area (TPSA) is 64.9 Å². The molecule has 0 fully saturated rings. The number of halogens is 1. The predicted molar refractivity (Wildman–Crippen MR) is 47.9 cm³/mol. The zero-order chi connectivity index (χ0) is 8.27. The van der Waals surface area contributed by atoms with Crippen LogP contribution in [0.5, 0.6) is 0 Å². The zero-order valence-corrected chi connectivity index (χ0v) is 7.58. The second-order valence-corrected chi connectivity index (χ2v) is 3.19. The van der Waals surface area contributed by atoms with Crippen LogP contribution in [0.2, 0.25) is 0 Å². The Bertz CT molecular complexity index is 239. The van der Waals surface area contributed by atoms with E-state index in [0.29, 0.717) is 6.54 Å². The summed E-state index contributed by atoms with van der Waals surface area (Å²) in [5.41, 5.74) is 12.0. The van der Waals surface area contributed by atoms with Crippen LogP contribution in [0.15, 0.2) is 22.9 Å². The Labute approximate surface area is 73.9 Å². The Morgan fingerprint density at radius 3 is 2.82 bits per heavy atom. The molecule has 0 spiro atoms. The molecule has 0 bridgehead atoms. The molecule has 1 aromatic heterocycles. The van der Waals surface area contributed by atoms with Crippen LogP contribution in [0.3, 0.4) is 0 Å². The molecule has 4 heteroatoms. The highest BCUT2D eigenvalue weighted by Gasteiger charge is 2.02. The lowest BCUT2D eigenvalue weighted by molar-refractivity contribution is 0.732. The van der Waals surface area contributed by atoms with Crippen LogP contribution in [0.25, 0.3) is 0 Å². The van der Waals surface area contributed by atoms with Gasteiger partial charge in [-0.1, -0.05) is 0 Å². The number of pyridine rings is 1. The van der Waals surface area contributed by atoms with E-state index in [0.717, 1.165) is 10.0 Å². The van der Waals surface area contributed by atoms with Gasteiger partial charge in [-0.05, 0) is 27.6 Å². The van der Waals surface area contributed by atoms with Gasteiger partial charge in [0.15, 0.2) is 0 Å². The summed E-state index contributed by atoms with van der Waals surface area (Å²) >= 11 is 3.30. The molecule has 1 atom stereocenters. The Kier molecular flexibility index (Phi) is 2.99. The summed E-state index contributed by atoms with van der Waals surface area (Å²) < 4.78 is 0.930. The summed E-state index contributed by atoms with van der Waals surface area (Å²) in [7, 11) is 0. The van der Waals surface area contributed by atoms with E-state index in [1.54, 1.807) is 12.4 Å². The molecule has 0 aliphatic rings. The van der Waals surface area contributed by atoms with E-state index in [1.807, 2.05) is 6.07 Å². The van der Waals surface area contributed by atoms with Crippen LogP contribution in [0, 0.1) is 0 Å².